The van der Waals surface area contributed by atoms with E-state index in [0.29, 0.717) is 0 Å². The van der Waals surface area contributed by atoms with E-state index in [0.717, 1.165) is 30.6 Å². The van der Waals surface area contributed by atoms with Crippen molar-refractivity contribution < 1.29 is 5.11 Å². The van der Waals surface area contributed by atoms with Gasteiger partial charge in [-0.15, -0.1) is 11.3 Å². The fraction of sp³-hybridized carbons (Fsp3) is 0.733. The molecule has 2 aliphatic rings. The molecule has 4 unspecified atom stereocenters. The van der Waals surface area contributed by atoms with Gasteiger partial charge in [-0.2, -0.15) is 0 Å². The summed E-state index contributed by atoms with van der Waals surface area (Å²) in [6.45, 7) is 2.18. The minimum atomic E-state index is -0.204. The Balaban J connectivity index is 1.61. The van der Waals surface area contributed by atoms with Crippen molar-refractivity contribution in [2.45, 2.75) is 51.6 Å². The van der Waals surface area contributed by atoms with Crippen molar-refractivity contribution in [1.82, 2.24) is 0 Å². The average Bonchev–Trinajstić information content (AvgIpc) is 3.04. The van der Waals surface area contributed by atoms with Crippen molar-refractivity contribution in [3.8, 4) is 0 Å². The molecule has 4 atom stereocenters. The Morgan fingerprint density at radius 2 is 2.24 bits per heavy atom. The first-order chi connectivity index (χ1) is 8.26. The summed E-state index contributed by atoms with van der Waals surface area (Å²) in [6, 6.07) is 4.30. The third kappa shape index (κ3) is 2.30. The van der Waals surface area contributed by atoms with E-state index >= 15 is 0 Å². The fourth-order valence-corrected chi connectivity index (χ4v) is 4.78. The van der Waals surface area contributed by atoms with Crippen LogP contribution in [0, 0.1) is 17.8 Å². The van der Waals surface area contributed by atoms with Crippen LogP contribution in [-0.2, 0) is 6.42 Å². The Morgan fingerprint density at radius 1 is 1.35 bits per heavy atom. The Hall–Kier alpha value is -0.340. The van der Waals surface area contributed by atoms with Gasteiger partial charge in [0.05, 0.1) is 6.10 Å². The maximum Gasteiger partial charge on any atom is 0.0884 e. The SMILES string of the molecule is CCc1ccc(C(O)CC2CC3CCC2C3)s1. The molecule has 3 rings (SSSR count). The van der Waals surface area contributed by atoms with Gasteiger partial charge in [-0.3, -0.25) is 0 Å². The second-order valence-corrected chi connectivity index (χ2v) is 7.04. The summed E-state index contributed by atoms with van der Waals surface area (Å²) in [7, 11) is 0. The quantitative estimate of drug-likeness (QED) is 0.850. The van der Waals surface area contributed by atoms with E-state index in [4.69, 9.17) is 0 Å². The molecule has 2 bridgehead atoms. The van der Waals surface area contributed by atoms with E-state index < -0.39 is 0 Å². The van der Waals surface area contributed by atoms with Crippen molar-refractivity contribution in [3.63, 3.8) is 0 Å². The third-order valence-corrected chi connectivity index (χ3v) is 6.10. The number of hydrogen-bond acceptors (Lipinski definition) is 2. The van der Waals surface area contributed by atoms with E-state index in [1.54, 1.807) is 11.3 Å². The number of hydrogen-bond donors (Lipinski definition) is 1. The number of aliphatic hydroxyl groups excluding tert-OH is 1. The Kier molecular flexibility index (Phi) is 3.27. The second-order valence-electron chi connectivity index (χ2n) is 5.84. The van der Waals surface area contributed by atoms with Gasteiger partial charge in [-0.1, -0.05) is 13.3 Å². The van der Waals surface area contributed by atoms with Crippen LogP contribution in [0.25, 0.3) is 0 Å². The van der Waals surface area contributed by atoms with Crippen LogP contribution in [-0.4, -0.2) is 5.11 Å². The monoisotopic (exact) mass is 250 g/mol. The van der Waals surface area contributed by atoms with E-state index in [9.17, 15) is 5.11 Å². The minimum absolute atomic E-state index is 0.204. The summed E-state index contributed by atoms with van der Waals surface area (Å²) in [5.41, 5.74) is 0. The van der Waals surface area contributed by atoms with Crippen LogP contribution < -0.4 is 0 Å². The molecule has 1 nitrogen and oxygen atoms in total. The molecule has 0 spiro atoms. The summed E-state index contributed by atoms with van der Waals surface area (Å²) < 4.78 is 0. The normalized spacial score (nSPS) is 33.2. The molecule has 2 saturated carbocycles. The molecule has 2 heteroatoms. The van der Waals surface area contributed by atoms with Gasteiger partial charge in [0.2, 0.25) is 0 Å². The molecule has 0 saturated heterocycles. The molecule has 2 fully saturated rings. The van der Waals surface area contributed by atoms with Gasteiger partial charge in [0.25, 0.3) is 0 Å². The highest BCUT2D eigenvalue weighted by Gasteiger charge is 2.40. The highest BCUT2D eigenvalue weighted by molar-refractivity contribution is 7.12. The summed E-state index contributed by atoms with van der Waals surface area (Å²) >= 11 is 1.79. The van der Waals surface area contributed by atoms with Crippen LogP contribution in [0.5, 0.6) is 0 Å². The van der Waals surface area contributed by atoms with Gasteiger partial charge in [0, 0.05) is 9.75 Å². The van der Waals surface area contributed by atoms with Gasteiger partial charge in [0.15, 0.2) is 0 Å². The smallest absolute Gasteiger partial charge is 0.0884 e. The van der Waals surface area contributed by atoms with Crippen LogP contribution in [0.15, 0.2) is 12.1 Å². The average molecular weight is 250 g/mol. The number of rotatable bonds is 4. The van der Waals surface area contributed by atoms with Crippen LogP contribution >= 0.6 is 11.3 Å². The first kappa shape index (κ1) is 11.7. The lowest BCUT2D eigenvalue weighted by atomic mass is 9.84. The number of thiophene rings is 1. The second kappa shape index (κ2) is 4.74. The Bertz CT molecular complexity index is 384. The standard InChI is InChI=1S/C15H22OS/c1-2-13-5-6-15(17-13)14(16)9-12-8-10-3-4-11(12)7-10/h5-6,10-12,14,16H,2-4,7-9H2,1H3. The van der Waals surface area contributed by atoms with Crippen molar-refractivity contribution >= 4 is 11.3 Å². The molecule has 0 aliphatic heterocycles. The first-order valence-corrected chi connectivity index (χ1v) is 7.84. The zero-order chi connectivity index (χ0) is 11.8. The van der Waals surface area contributed by atoms with E-state index in [-0.39, 0.29) is 6.10 Å². The van der Waals surface area contributed by atoms with E-state index in [1.807, 2.05) is 0 Å². The van der Waals surface area contributed by atoms with E-state index in [2.05, 4.69) is 19.1 Å². The summed E-state index contributed by atoms with van der Waals surface area (Å²) in [5, 5.41) is 10.3. The topological polar surface area (TPSA) is 20.2 Å². The molecule has 94 valence electrons. The molecular formula is C15H22OS. The van der Waals surface area contributed by atoms with Crippen LogP contribution in [0.2, 0.25) is 0 Å². The molecule has 17 heavy (non-hydrogen) atoms. The van der Waals surface area contributed by atoms with Crippen molar-refractivity contribution in [2.24, 2.45) is 17.8 Å². The van der Waals surface area contributed by atoms with Gasteiger partial charge in [0.1, 0.15) is 0 Å². The molecule has 0 amide bonds. The zero-order valence-electron chi connectivity index (χ0n) is 10.6. The largest absolute Gasteiger partial charge is 0.388 e. The van der Waals surface area contributed by atoms with Gasteiger partial charge >= 0.3 is 0 Å². The summed E-state index contributed by atoms with van der Waals surface area (Å²) in [6.07, 6.45) is 7.60. The predicted molar refractivity (Wildman–Crippen MR) is 72.2 cm³/mol. The first-order valence-electron chi connectivity index (χ1n) is 7.03. The predicted octanol–water partition coefficient (Wildman–Crippen LogP) is 4.17. The van der Waals surface area contributed by atoms with Gasteiger partial charge in [-0.05, 0) is 62.0 Å². The maximum absolute atomic E-state index is 10.3. The van der Waals surface area contributed by atoms with Crippen LogP contribution in [0.3, 0.4) is 0 Å². The minimum Gasteiger partial charge on any atom is -0.388 e. The number of fused-ring (bicyclic) bond motifs is 2. The molecule has 0 radical (unpaired) electrons. The molecule has 0 aromatic carbocycles. The maximum atomic E-state index is 10.3. The fourth-order valence-electron chi connectivity index (χ4n) is 3.83. The highest BCUT2D eigenvalue weighted by atomic mass is 32.1. The van der Waals surface area contributed by atoms with Gasteiger partial charge < -0.3 is 5.11 Å². The molecular weight excluding hydrogens is 228 g/mol. The van der Waals surface area contributed by atoms with Crippen LogP contribution in [0.4, 0.5) is 0 Å². The number of aryl methyl sites for hydroxylation is 1. The Morgan fingerprint density at radius 3 is 2.82 bits per heavy atom. The van der Waals surface area contributed by atoms with E-state index in [1.165, 1.54) is 35.4 Å². The third-order valence-electron chi connectivity index (χ3n) is 4.77. The van der Waals surface area contributed by atoms with Crippen molar-refractivity contribution in [1.29, 1.82) is 0 Å². The lowest BCUT2D eigenvalue weighted by Gasteiger charge is -2.23. The highest BCUT2D eigenvalue weighted by Crippen LogP contribution is 2.51. The van der Waals surface area contributed by atoms with Crippen molar-refractivity contribution in [3.05, 3.63) is 21.9 Å². The molecule has 1 aromatic heterocycles. The summed E-state index contributed by atoms with van der Waals surface area (Å²) in [5.74, 6) is 2.72. The molecule has 2 aliphatic carbocycles. The number of aliphatic hydroxyl groups is 1. The zero-order valence-corrected chi connectivity index (χ0v) is 11.4. The van der Waals surface area contributed by atoms with Crippen LogP contribution in [0.1, 0.15) is 54.9 Å². The lowest BCUT2D eigenvalue weighted by Crippen LogP contribution is -2.13. The molecule has 1 N–H and O–H groups in total. The lowest BCUT2D eigenvalue weighted by molar-refractivity contribution is 0.128. The summed E-state index contributed by atoms with van der Waals surface area (Å²) in [4.78, 5) is 2.58. The molecule has 1 aromatic rings. The van der Waals surface area contributed by atoms with Crippen molar-refractivity contribution in [2.75, 3.05) is 0 Å². The molecule has 1 heterocycles. The Labute approximate surface area is 108 Å². The van der Waals surface area contributed by atoms with Gasteiger partial charge in [-0.25, -0.2) is 0 Å².